The number of thiocarbonyl (C=S) groups is 1. The van der Waals surface area contributed by atoms with E-state index in [2.05, 4.69) is 0 Å². The van der Waals surface area contributed by atoms with Gasteiger partial charge in [0.05, 0.1) is 0 Å². The van der Waals surface area contributed by atoms with Crippen LogP contribution in [0, 0.1) is 0 Å². The van der Waals surface area contributed by atoms with Crippen molar-refractivity contribution in [3.8, 4) is 0 Å². The molecule has 1 aromatic rings. The number of benzene rings is 1. The molecular weight excluding hydrogens is 276 g/mol. The zero-order chi connectivity index (χ0) is 14.9. The molecule has 0 unspecified atom stereocenters. The van der Waals surface area contributed by atoms with Crippen molar-refractivity contribution in [3.05, 3.63) is 35.9 Å². The van der Waals surface area contributed by atoms with Gasteiger partial charge in [0.25, 0.3) is 5.91 Å². The van der Waals surface area contributed by atoms with Gasteiger partial charge in [-0.2, -0.15) is 0 Å². The number of ether oxygens (including phenoxy) is 1. The molecule has 2 amide bonds. The maximum absolute atomic E-state index is 12.2. The first-order valence-corrected chi connectivity index (χ1v) is 6.59. The lowest BCUT2D eigenvalue weighted by Gasteiger charge is -2.26. The fourth-order valence-corrected chi connectivity index (χ4v) is 2.46. The maximum Gasteiger partial charge on any atom is 0.417 e. The number of carbonyl (C=O) groups excluding carboxylic acids is 2. The van der Waals surface area contributed by atoms with Crippen molar-refractivity contribution >= 4 is 29.3 Å². The number of hydrogen-bond donors (Lipinski definition) is 0. The monoisotopic (exact) mass is 292 g/mol. The number of amides is 2. The van der Waals surface area contributed by atoms with Gasteiger partial charge >= 0.3 is 6.09 Å². The van der Waals surface area contributed by atoms with E-state index in [1.165, 1.54) is 9.80 Å². The first-order valence-electron chi connectivity index (χ1n) is 6.18. The minimum Gasteiger partial charge on any atom is -0.444 e. The molecule has 1 heterocycles. The van der Waals surface area contributed by atoms with E-state index in [9.17, 15) is 9.59 Å². The van der Waals surface area contributed by atoms with E-state index in [-0.39, 0.29) is 17.6 Å². The van der Waals surface area contributed by atoms with E-state index in [4.69, 9.17) is 17.0 Å². The fraction of sp³-hybridized carbons (Fsp3) is 0.357. The van der Waals surface area contributed by atoms with Crippen LogP contribution in [0.25, 0.3) is 0 Å². The lowest BCUT2D eigenvalue weighted by atomic mass is 10.1. The molecule has 0 aliphatic carbocycles. The van der Waals surface area contributed by atoms with Crippen LogP contribution in [0.3, 0.4) is 0 Å². The smallest absolute Gasteiger partial charge is 0.417 e. The highest BCUT2D eigenvalue weighted by Crippen LogP contribution is 2.27. The summed E-state index contributed by atoms with van der Waals surface area (Å²) in [5.41, 5.74) is -0.136. The molecule has 5 nitrogen and oxygen atoms in total. The van der Waals surface area contributed by atoms with Gasteiger partial charge in [0, 0.05) is 7.05 Å². The Bertz CT molecular complexity index is 557. The predicted octanol–water partition coefficient (Wildman–Crippen LogP) is 2.16. The molecule has 1 aliphatic heterocycles. The quantitative estimate of drug-likeness (QED) is 0.784. The first-order chi connectivity index (χ1) is 9.35. The van der Waals surface area contributed by atoms with Crippen LogP contribution in [0.4, 0.5) is 4.79 Å². The van der Waals surface area contributed by atoms with Crippen molar-refractivity contribution < 1.29 is 14.3 Å². The Morgan fingerprint density at radius 3 is 2.40 bits per heavy atom. The molecular formula is C14H16N2O3S. The fourth-order valence-electron chi connectivity index (χ4n) is 2.07. The highest BCUT2D eigenvalue weighted by Gasteiger charge is 2.51. The van der Waals surface area contributed by atoms with Crippen LogP contribution >= 0.6 is 12.2 Å². The van der Waals surface area contributed by atoms with Crippen molar-refractivity contribution in [2.24, 2.45) is 0 Å². The second-order valence-electron chi connectivity index (χ2n) is 5.08. The van der Waals surface area contributed by atoms with Gasteiger partial charge in [0.1, 0.15) is 12.1 Å². The van der Waals surface area contributed by atoms with E-state index >= 15 is 0 Å². The number of rotatable bonds is 2. The van der Waals surface area contributed by atoms with Crippen molar-refractivity contribution in [2.45, 2.75) is 26.0 Å². The molecule has 1 aliphatic rings. The Labute approximate surface area is 123 Å². The van der Waals surface area contributed by atoms with Crippen LogP contribution in [0.15, 0.2) is 30.3 Å². The molecule has 20 heavy (non-hydrogen) atoms. The number of nitrogens with zero attached hydrogens (tertiary/aromatic N) is 2. The molecule has 0 bridgehead atoms. The lowest BCUT2D eigenvalue weighted by molar-refractivity contribution is -0.130. The van der Waals surface area contributed by atoms with Gasteiger partial charge in [0.15, 0.2) is 5.11 Å². The second-order valence-corrected chi connectivity index (χ2v) is 5.45. The molecule has 0 N–H and O–H groups in total. The molecule has 0 spiro atoms. The Morgan fingerprint density at radius 2 is 1.90 bits per heavy atom. The normalized spacial score (nSPS) is 17.6. The van der Waals surface area contributed by atoms with Crippen LogP contribution in [0.5, 0.6) is 0 Å². The molecule has 0 saturated carbocycles. The van der Waals surface area contributed by atoms with E-state index in [0.717, 1.165) is 5.56 Å². The van der Waals surface area contributed by atoms with E-state index < -0.39 is 11.6 Å². The molecule has 6 heteroatoms. The van der Waals surface area contributed by atoms with Gasteiger partial charge in [-0.1, -0.05) is 30.3 Å². The van der Waals surface area contributed by atoms with Gasteiger partial charge in [0.2, 0.25) is 0 Å². The summed E-state index contributed by atoms with van der Waals surface area (Å²) in [4.78, 5) is 26.7. The van der Waals surface area contributed by atoms with Gasteiger partial charge in [-0.3, -0.25) is 9.69 Å². The Balaban J connectivity index is 2.09. The minimum absolute atomic E-state index is 0.146. The van der Waals surface area contributed by atoms with E-state index in [0.29, 0.717) is 0 Å². The summed E-state index contributed by atoms with van der Waals surface area (Å²) in [6, 6.07) is 9.34. The van der Waals surface area contributed by atoms with Gasteiger partial charge in [-0.25, -0.2) is 9.69 Å². The van der Waals surface area contributed by atoms with Crippen LogP contribution in [0.2, 0.25) is 0 Å². The summed E-state index contributed by atoms with van der Waals surface area (Å²) >= 11 is 5.13. The highest BCUT2D eigenvalue weighted by molar-refractivity contribution is 7.80. The van der Waals surface area contributed by atoms with E-state index in [1.807, 2.05) is 30.3 Å². The van der Waals surface area contributed by atoms with Crippen LogP contribution in [-0.2, 0) is 16.1 Å². The molecule has 1 saturated heterocycles. The predicted molar refractivity (Wildman–Crippen MR) is 77.9 cm³/mol. The molecule has 0 atom stereocenters. The Hall–Kier alpha value is -1.95. The molecule has 2 rings (SSSR count). The maximum atomic E-state index is 12.2. The Kier molecular flexibility index (Phi) is 3.76. The molecule has 0 radical (unpaired) electrons. The topological polar surface area (TPSA) is 49.9 Å². The van der Waals surface area contributed by atoms with Crippen molar-refractivity contribution in [3.63, 3.8) is 0 Å². The molecule has 106 valence electrons. The third-order valence-corrected chi connectivity index (χ3v) is 3.71. The minimum atomic E-state index is -1.01. The summed E-state index contributed by atoms with van der Waals surface area (Å²) in [7, 11) is 1.55. The van der Waals surface area contributed by atoms with Gasteiger partial charge in [-0.05, 0) is 31.6 Å². The second kappa shape index (κ2) is 5.20. The van der Waals surface area contributed by atoms with Crippen LogP contribution in [0.1, 0.15) is 19.4 Å². The summed E-state index contributed by atoms with van der Waals surface area (Å²) in [5, 5.41) is 0.165. The third kappa shape index (κ3) is 2.38. The average molecular weight is 292 g/mol. The number of carbonyl (C=O) groups is 2. The molecule has 1 fully saturated rings. The summed E-state index contributed by atoms with van der Waals surface area (Å²) < 4.78 is 5.24. The van der Waals surface area contributed by atoms with Crippen molar-refractivity contribution in [2.75, 3.05) is 7.05 Å². The number of hydrogen-bond acceptors (Lipinski definition) is 4. The third-order valence-electron chi connectivity index (χ3n) is 3.25. The van der Waals surface area contributed by atoms with E-state index in [1.54, 1.807) is 20.9 Å². The van der Waals surface area contributed by atoms with Crippen LogP contribution in [-0.4, -0.2) is 39.5 Å². The number of likely N-dealkylation sites (N-methyl/N-ethyl adjacent to an activating group) is 1. The zero-order valence-electron chi connectivity index (χ0n) is 11.6. The highest BCUT2D eigenvalue weighted by atomic mass is 32.1. The average Bonchev–Trinajstić information content (AvgIpc) is 2.58. The van der Waals surface area contributed by atoms with Crippen LogP contribution < -0.4 is 0 Å². The van der Waals surface area contributed by atoms with Crippen molar-refractivity contribution in [1.29, 1.82) is 0 Å². The van der Waals surface area contributed by atoms with Crippen molar-refractivity contribution in [1.82, 2.24) is 9.80 Å². The molecule has 0 aromatic heterocycles. The Morgan fingerprint density at radius 1 is 1.30 bits per heavy atom. The standard InChI is InChI=1S/C14H16N2O3S/c1-14(2)11(17)15(3)12(20)16(14)13(18)19-9-10-7-5-4-6-8-10/h4-8H,9H2,1-3H3. The molecule has 1 aromatic carbocycles. The lowest BCUT2D eigenvalue weighted by Crippen LogP contribution is -2.47. The zero-order valence-corrected chi connectivity index (χ0v) is 12.4. The largest absolute Gasteiger partial charge is 0.444 e. The van der Waals surface area contributed by atoms with Gasteiger partial charge in [-0.15, -0.1) is 0 Å². The first kappa shape index (κ1) is 14.5. The summed E-state index contributed by atoms with van der Waals surface area (Å²) in [6.45, 7) is 3.44. The summed E-state index contributed by atoms with van der Waals surface area (Å²) in [5.74, 6) is -0.223. The SMILES string of the molecule is CN1C(=O)C(C)(C)N(C(=O)OCc2ccccc2)C1=S. The van der Waals surface area contributed by atoms with Gasteiger partial charge < -0.3 is 4.74 Å². The summed E-state index contributed by atoms with van der Waals surface area (Å²) in [6.07, 6.45) is -0.610.